The third-order valence-electron chi connectivity index (χ3n) is 2.91. The highest BCUT2D eigenvalue weighted by Gasteiger charge is 2.00. The zero-order valence-electron chi connectivity index (χ0n) is 10.8. The van der Waals surface area contributed by atoms with Crippen molar-refractivity contribution in [3.05, 3.63) is 42.0 Å². The maximum Gasteiger partial charge on any atom is 0.0574 e. The summed E-state index contributed by atoms with van der Waals surface area (Å²) in [5, 5.41) is 9.78. The van der Waals surface area contributed by atoms with Gasteiger partial charge in [-0.1, -0.05) is 75.1 Å². The molecule has 0 spiro atoms. The summed E-state index contributed by atoms with van der Waals surface area (Å²) < 4.78 is 0. The van der Waals surface area contributed by atoms with Crippen molar-refractivity contribution in [2.45, 2.75) is 51.6 Å². The Hall–Kier alpha value is -1.08. The molecule has 1 aromatic carbocycles. The third kappa shape index (κ3) is 6.96. The van der Waals surface area contributed by atoms with Crippen LogP contribution in [0.15, 0.2) is 36.4 Å². The summed E-state index contributed by atoms with van der Waals surface area (Å²) in [6, 6.07) is 10.2. The van der Waals surface area contributed by atoms with Gasteiger partial charge in [-0.2, -0.15) is 0 Å². The largest absolute Gasteiger partial charge is 0.393 e. The van der Waals surface area contributed by atoms with Crippen molar-refractivity contribution >= 4 is 6.08 Å². The molecule has 1 aromatic rings. The molecule has 0 fully saturated rings. The van der Waals surface area contributed by atoms with Crippen LogP contribution in [0.2, 0.25) is 0 Å². The molecular weight excluding hydrogens is 208 g/mol. The minimum Gasteiger partial charge on any atom is -0.393 e. The quantitative estimate of drug-likeness (QED) is 0.658. The Bertz CT molecular complexity index is 303. The first-order valence-electron chi connectivity index (χ1n) is 6.72. The van der Waals surface area contributed by atoms with Gasteiger partial charge in [0.25, 0.3) is 0 Å². The van der Waals surface area contributed by atoms with Crippen LogP contribution in [0.3, 0.4) is 0 Å². The van der Waals surface area contributed by atoms with E-state index in [2.05, 4.69) is 31.2 Å². The van der Waals surface area contributed by atoms with E-state index in [1.807, 2.05) is 18.2 Å². The van der Waals surface area contributed by atoms with Crippen LogP contribution >= 0.6 is 0 Å². The minimum atomic E-state index is -0.174. The van der Waals surface area contributed by atoms with E-state index in [4.69, 9.17) is 0 Å². The molecule has 17 heavy (non-hydrogen) atoms. The number of aliphatic hydroxyl groups is 1. The summed E-state index contributed by atoms with van der Waals surface area (Å²) in [6.07, 6.45) is 10.6. The zero-order chi connectivity index (χ0) is 12.3. The smallest absolute Gasteiger partial charge is 0.0574 e. The van der Waals surface area contributed by atoms with Gasteiger partial charge in [0.1, 0.15) is 0 Å². The SMILES string of the molecule is CCCCCCC(O)C/C=C/c1ccccc1. The van der Waals surface area contributed by atoms with E-state index in [1.54, 1.807) is 0 Å². The van der Waals surface area contributed by atoms with Crippen LogP contribution in [0, 0.1) is 0 Å². The standard InChI is InChI=1S/C16H24O/c1-2-3-4-8-13-16(17)14-9-12-15-10-6-5-7-11-15/h5-7,9-12,16-17H,2-4,8,13-14H2,1H3/b12-9+. The summed E-state index contributed by atoms with van der Waals surface area (Å²) in [5.74, 6) is 0. The van der Waals surface area contributed by atoms with Gasteiger partial charge in [0.2, 0.25) is 0 Å². The molecule has 1 unspecified atom stereocenters. The highest BCUT2D eigenvalue weighted by Crippen LogP contribution is 2.09. The average Bonchev–Trinajstić information content (AvgIpc) is 2.36. The van der Waals surface area contributed by atoms with Crippen LogP contribution in [-0.4, -0.2) is 11.2 Å². The lowest BCUT2D eigenvalue weighted by Crippen LogP contribution is -2.04. The maximum atomic E-state index is 9.78. The lowest BCUT2D eigenvalue weighted by molar-refractivity contribution is 0.164. The predicted octanol–water partition coefficient (Wildman–Crippen LogP) is 4.42. The van der Waals surface area contributed by atoms with Crippen molar-refractivity contribution in [1.29, 1.82) is 0 Å². The third-order valence-corrected chi connectivity index (χ3v) is 2.91. The van der Waals surface area contributed by atoms with Gasteiger partial charge in [0.15, 0.2) is 0 Å². The van der Waals surface area contributed by atoms with Gasteiger partial charge in [0.05, 0.1) is 6.10 Å². The van der Waals surface area contributed by atoms with Gasteiger partial charge in [-0.3, -0.25) is 0 Å². The molecule has 0 radical (unpaired) electrons. The molecule has 0 heterocycles. The molecule has 1 nitrogen and oxygen atoms in total. The van der Waals surface area contributed by atoms with E-state index in [0.717, 1.165) is 19.3 Å². The summed E-state index contributed by atoms with van der Waals surface area (Å²) in [7, 11) is 0. The molecule has 0 saturated heterocycles. The molecule has 1 heteroatoms. The van der Waals surface area contributed by atoms with Gasteiger partial charge in [-0.15, -0.1) is 0 Å². The second-order valence-corrected chi connectivity index (χ2v) is 4.55. The van der Waals surface area contributed by atoms with Crippen LogP contribution in [0.5, 0.6) is 0 Å². The van der Waals surface area contributed by atoms with Crippen LogP contribution in [-0.2, 0) is 0 Å². The van der Waals surface area contributed by atoms with E-state index in [1.165, 1.54) is 24.8 Å². The molecule has 1 N–H and O–H groups in total. The summed E-state index contributed by atoms with van der Waals surface area (Å²) in [5.41, 5.74) is 1.20. The molecule has 0 amide bonds. The first-order chi connectivity index (χ1) is 8.33. The fourth-order valence-corrected chi connectivity index (χ4v) is 1.85. The fraction of sp³-hybridized carbons (Fsp3) is 0.500. The Labute approximate surface area is 105 Å². The fourth-order valence-electron chi connectivity index (χ4n) is 1.85. The van der Waals surface area contributed by atoms with E-state index >= 15 is 0 Å². The number of hydrogen-bond acceptors (Lipinski definition) is 1. The Balaban J connectivity index is 2.15. The monoisotopic (exact) mass is 232 g/mol. The number of rotatable bonds is 8. The van der Waals surface area contributed by atoms with Crippen molar-refractivity contribution in [2.75, 3.05) is 0 Å². The van der Waals surface area contributed by atoms with Crippen molar-refractivity contribution < 1.29 is 5.11 Å². The second kappa shape index (κ2) is 9.00. The summed E-state index contributed by atoms with van der Waals surface area (Å²) in [4.78, 5) is 0. The van der Waals surface area contributed by atoms with E-state index in [9.17, 15) is 5.11 Å². The summed E-state index contributed by atoms with van der Waals surface area (Å²) in [6.45, 7) is 2.21. The Morgan fingerprint density at radius 2 is 1.88 bits per heavy atom. The summed E-state index contributed by atoms with van der Waals surface area (Å²) >= 11 is 0. The topological polar surface area (TPSA) is 20.2 Å². The van der Waals surface area contributed by atoms with Gasteiger partial charge in [-0.25, -0.2) is 0 Å². The highest BCUT2D eigenvalue weighted by atomic mass is 16.3. The van der Waals surface area contributed by atoms with Crippen LogP contribution in [0.25, 0.3) is 6.08 Å². The van der Waals surface area contributed by atoms with Gasteiger partial charge < -0.3 is 5.11 Å². The number of unbranched alkanes of at least 4 members (excludes halogenated alkanes) is 3. The van der Waals surface area contributed by atoms with Crippen molar-refractivity contribution in [2.24, 2.45) is 0 Å². The zero-order valence-corrected chi connectivity index (χ0v) is 10.8. The van der Waals surface area contributed by atoms with Gasteiger partial charge in [0, 0.05) is 0 Å². The average molecular weight is 232 g/mol. The van der Waals surface area contributed by atoms with Crippen LogP contribution < -0.4 is 0 Å². The molecular formula is C16H24O. The van der Waals surface area contributed by atoms with E-state index < -0.39 is 0 Å². The van der Waals surface area contributed by atoms with Crippen LogP contribution in [0.4, 0.5) is 0 Å². The molecule has 0 aliphatic rings. The molecule has 0 saturated carbocycles. The first kappa shape index (κ1) is 14.0. The van der Waals surface area contributed by atoms with Crippen molar-refractivity contribution in [1.82, 2.24) is 0 Å². The Kier molecular flexibility index (Phi) is 7.40. The number of hydrogen-bond donors (Lipinski definition) is 1. The highest BCUT2D eigenvalue weighted by molar-refractivity contribution is 5.48. The molecule has 94 valence electrons. The lowest BCUT2D eigenvalue weighted by Gasteiger charge is -2.06. The predicted molar refractivity (Wildman–Crippen MR) is 74.9 cm³/mol. The van der Waals surface area contributed by atoms with Crippen LogP contribution in [0.1, 0.15) is 51.0 Å². The Morgan fingerprint density at radius 1 is 1.12 bits per heavy atom. The minimum absolute atomic E-state index is 0.174. The van der Waals surface area contributed by atoms with Crippen molar-refractivity contribution in [3.8, 4) is 0 Å². The normalized spacial score (nSPS) is 13.1. The molecule has 0 aliphatic heterocycles. The first-order valence-corrected chi connectivity index (χ1v) is 6.72. The van der Waals surface area contributed by atoms with Gasteiger partial charge >= 0.3 is 0 Å². The molecule has 0 aliphatic carbocycles. The second-order valence-electron chi connectivity index (χ2n) is 4.55. The molecule has 1 rings (SSSR count). The number of aliphatic hydroxyl groups excluding tert-OH is 1. The molecule has 0 bridgehead atoms. The Morgan fingerprint density at radius 3 is 2.59 bits per heavy atom. The van der Waals surface area contributed by atoms with E-state index in [-0.39, 0.29) is 6.10 Å². The molecule has 0 aromatic heterocycles. The van der Waals surface area contributed by atoms with E-state index in [0.29, 0.717) is 0 Å². The lowest BCUT2D eigenvalue weighted by atomic mass is 10.1. The number of benzene rings is 1. The maximum absolute atomic E-state index is 9.78. The van der Waals surface area contributed by atoms with Crippen molar-refractivity contribution in [3.63, 3.8) is 0 Å². The molecule has 1 atom stereocenters. The van der Waals surface area contributed by atoms with Gasteiger partial charge in [-0.05, 0) is 18.4 Å².